The van der Waals surface area contributed by atoms with E-state index in [4.69, 9.17) is 18.6 Å². The number of oxazole rings is 1. The molecule has 0 aliphatic heterocycles. The van der Waals surface area contributed by atoms with Crippen LogP contribution in [-0.2, 0) is 11.3 Å². The number of rotatable bonds is 10. The van der Waals surface area contributed by atoms with Gasteiger partial charge in [0, 0.05) is 30.1 Å². The van der Waals surface area contributed by atoms with Gasteiger partial charge in [-0.2, -0.15) is 0 Å². The number of hydrogen-bond acceptors (Lipinski definition) is 7. The van der Waals surface area contributed by atoms with Crippen LogP contribution in [0, 0.1) is 0 Å². The number of unbranched alkanes of at least 4 members (excludes halogenated alkanes) is 1. The zero-order valence-electron chi connectivity index (χ0n) is 21.8. The SMILES string of the molecule is CCCCOc1cc(CNC(=O)OC(C)(C)C)cc(NC(=O)Nc2ccc(-c3cnco3)c(OC)c2)c1. The Labute approximate surface area is 216 Å². The molecule has 198 valence electrons. The van der Waals surface area contributed by atoms with Crippen LogP contribution in [0.25, 0.3) is 11.3 Å². The van der Waals surface area contributed by atoms with Crippen LogP contribution < -0.4 is 25.4 Å². The zero-order chi connectivity index (χ0) is 26.8. The van der Waals surface area contributed by atoms with Crippen molar-refractivity contribution in [2.24, 2.45) is 0 Å². The number of hydrogen-bond donors (Lipinski definition) is 3. The summed E-state index contributed by atoms with van der Waals surface area (Å²) in [6, 6.07) is 10.1. The van der Waals surface area contributed by atoms with E-state index < -0.39 is 17.7 Å². The normalized spacial score (nSPS) is 10.9. The van der Waals surface area contributed by atoms with Crippen molar-refractivity contribution in [1.82, 2.24) is 10.3 Å². The molecular formula is C27H34N4O6. The van der Waals surface area contributed by atoms with E-state index in [9.17, 15) is 9.59 Å². The van der Waals surface area contributed by atoms with E-state index in [1.54, 1.807) is 57.3 Å². The molecule has 0 bridgehead atoms. The average molecular weight is 511 g/mol. The molecule has 0 saturated carbocycles. The van der Waals surface area contributed by atoms with Gasteiger partial charge in [0.05, 0.1) is 25.5 Å². The maximum atomic E-state index is 12.8. The van der Waals surface area contributed by atoms with Crippen molar-refractivity contribution in [3.8, 4) is 22.8 Å². The van der Waals surface area contributed by atoms with E-state index >= 15 is 0 Å². The van der Waals surface area contributed by atoms with Gasteiger partial charge < -0.3 is 34.6 Å². The molecular weight excluding hydrogens is 476 g/mol. The van der Waals surface area contributed by atoms with Crippen molar-refractivity contribution in [3.05, 3.63) is 54.6 Å². The molecule has 0 aliphatic rings. The van der Waals surface area contributed by atoms with Crippen LogP contribution in [-0.4, -0.2) is 36.4 Å². The quantitative estimate of drug-likeness (QED) is 0.278. The molecule has 1 heterocycles. The molecule has 0 aliphatic carbocycles. The van der Waals surface area contributed by atoms with Gasteiger partial charge in [-0.15, -0.1) is 0 Å². The zero-order valence-corrected chi connectivity index (χ0v) is 21.8. The summed E-state index contributed by atoms with van der Waals surface area (Å²) >= 11 is 0. The highest BCUT2D eigenvalue weighted by Gasteiger charge is 2.16. The molecule has 0 spiro atoms. The highest BCUT2D eigenvalue weighted by molar-refractivity contribution is 6.00. The number of ether oxygens (including phenoxy) is 3. The van der Waals surface area contributed by atoms with Crippen molar-refractivity contribution in [1.29, 1.82) is 0 Å². The Bertz CT molecular complexity index is 1190. The number of carbonyl (C=O) groups excluding carboxylic acids is 2. The number of nitrogens with zero attached hydrogens (tertiary/aromatic N) is 1. The van der Waals surface area contributed by atoms with Crippen LogP contribution >= 0.6 is 0 Å². The number of benzene rings is 2. The topological polar surface area (TPSA) is 124 Å². The second kappa shape index (κ2) is 12.7. The summed E-state index contributed by atoms with van der Waals surface area (Å²) in [6.45, 7) is 8.22. The fourth-order valence-corrected chi connectivity index (χ4v) is 3.36. The number of nitrogens with one attached hydrogen (secondary N) is 3. The highest BCUT2D eigenvalue weighted by atomic mass is 16.6. The molecule has 0 fully saturated rings. The summed E-state index contributed by atoms with van der Waals surface area (Å²) in [4.78, 5) is 28.8. The molecule has 10 heteroatoms. The number of anilines is 2. The van der Waals surface area contributed by atoms with Crippen molar-refractivity contribution >= 4 is 23.5 Å². The summed E-state index contributed by atoms with van der Waals surface area (Å²) in [5.74, 6) is 1.67. The van der Waals surface area contributed by atoms with Gasteiger partial charge in [-0.3, -0.25) is 0 Å². The molecule has 0 unspecified atom stereocenters. The van der Waals surface area contributed by atoms with Crippen LogP contribution in [0.15, 0.2) is 53.4 Å². The van der Waals surface area contributed by atoms with Gasteiger partial charge in [0.2, 0.25) is 0 Å². The lowest BCUT2D eigenvalue weighted by Crippen LogP contribution is -2.32. The van der Waals surface area contributed by atoms with Crippen LogP contribution in [0.5, 0.6) is 11.5 Å². The van der Waals surface area contributed by atoms with Gasteiger partial charge in [0.1, 0.15) is 17.1 Å². The molecule has 3 amide bonds. The van der Waals surface area contributed by atoms with Crippen molar-refractivity contribution < 1.29 is 28.2 Å². The fourth-order valence-electron chi connectivity index (χ4n) is 3.36. The van der Waals surface area contributed by atoms with E-state index in [1.807, 2.05) is 6.07 Å². The number of carbonyl (C=O) groups is 2. The summed E-state index contributed by atoms with van der Waals surface area (Å²) in [5, 5.41) is 8.35. The lowest BCUT2D eigenvalue weighted by Gasteiger charge is -2.20. The molecule has 0 atom stereocenters. The second-order valence-electron chi connectivity index (χ2n) is 9.28. The Morgan fingerprint density at radius 2 is 1.84 bits per heavy atom. The van der Waals surface area contributed by atoms with Gasteiger partial charge in [-0.05, 0) is 57.0 Å². The summed E-state index contributed by atoms with van der Waals surface area (Å²) < 4.78 is 21.9. The number of aromatic nitrogens is 1. The van der Waals surface area contributed by atoms with Crippen molar-refractivity contribution in [3.63, 3.8) is 0 Å². The monoisotopic (exact) mass is 510 g/mol. The highest BCUT2D eigenvalue weighted by Crippen LogP contribution is 2.32. The smallest absolute Gasteiger partial charge is 0.407 e. The predicted octanol–water partition coefficient (Wildman–Crippen LogP) is 6.20. The molecule has 2 aromatic carbocycles. The minimum Gasteiger partial charge on any atom is -0.496 e. The maximum absolute atomic E-state index is 12.8. The Morgan fingerprint density at radius 1 is 1.05 bits per heavy atom. The first-order valence-corrected chi connectivity index (χ1v) is 12.1. The van der Waals surface area contributed by atoms with Gasteiger partial charge in [0.25, 0.3) is 0 Å². The van der Waals surface area contributed by atoms with Gasteiger partial charge in [-0.25, -0.2) is 14.6 Å². The number of methoxy groups -OCH3 is 1. The molecule has 10 nitrogen and oxygen atoms in total. The lowest BCUT2D eigenvalue weighted by atomic mass is 10.1. The van der Waals surface area contributed by atoms with Crippen molar-refractivity contribution in [2.75, 3.05) is 24.4 Å². The standard InChI is InChI=1S/C27H34N4O6/c1-6-7-10-35-21-12-18(15-29-26(33)37-27(2,3)4)11-20(13-21)31-25(32)30-19-8-9-22(23(14-19)34-5)24-16-28-17-36-24/h8-9,11-14,16-17H,6-7,10,15H2,1-5H3,(H,29,33)(H2,30,31,32). The van der Waals surface area contributed by atoms with Crippen LogP contribution in [0.1, 0.15) is 46.1 Å². The minimum atomic E-state index is -0.601. The fraction of sp³-hybridized carbons (Fsp3) is 0.370. The summed E-state index contributed by atoms with van der Waals surface area (Å²) in [5.41, 5.74) is 1.89. The molecule has 3 aromatic rings. The molecule has 37 heavy (non-hydrogen) atoms. The third kappa shape index (κ3) is 8.75. The summed E-state index contributed by atoms with van der Waals surface area (Å²) in [6.07, 6.45) is 4.29. The Balaban J connectivity index is 1.71. The number of amides is 3. The third-order valence-electron chi connectivity index (χ3n) is 4.98. The maximum Gasteiger partial charge on any atom is 0.407 e. The van der Waals surface area contributed by atoms with Crippen molar-refractivity contribution in [2.45, 2.75) is 52.7 Å². The molecule has 0 saturated heterocycles. The number of alkyl carbamates (subject to hydrolysis) is 1. The predicted molar refractivity (Wildman–Crippen MR) is 141 cm³/mol. The van der Waals surface area contributed by atoms with E-state index in [2.05, 4.69) is 27.9 Å². The van der Waals surface area contributed by atoms with E-state index in [-0.39, 0.29) is 6.54 Å². The van der Waals surface area contributed by atoms with Gasteiger partial charge >= 0.3 is 12.1 Å². The van der Waals surface area contributed by atoms with E-state index in [1.165, 1.54) is 13.5 Å². The van der Waals surface area contributed by atoms with Crippen LogP contribution in [0.4, 0.5) is 21.0 Å². The van der Waals surface area contributed by atoms with E-state index in [0.29, 0.717) is 40.8 Å². The van der Waals surface area contributed by atoms with Gasteiger partial charge in [0.15, 0.2) is 12.2 Å². The third-order valence-corrected chi connectivity index (χ3v) is 4.98. The first-order valence-electron chi connectivity index (χ1n) is 12.1. The van der Waals surface area contributed by atoms with E-state index in [0.717, 1.165) is 18.4 Å². The van der Waals surface area contributed by atoms with Crippen LogP contribution in [0.2, 0.25) is 0 Å². The second-order valence-corrected chi connectivity index (χ2v) is 9.28. The number of urea groups is 1. The van der Waals surface area contributed by atoms with Gasteiger partial charge in [-0.1, -0.05) is 13.3 Å². The molecule has 0 radical (unpaired) electrons. The first kappa shape index (κ1) is 27.4. The Hall–Kier alpha value is -4.21. The first-order chi connectivity index (χ1) is 17.7. The lowest BCUT2D eigenvalue weighted by molar-refractivity contribution is 0.0523. The Morgan fingerprint density at radius 3 is 2.51 bits per heavy atom. The Kier molecular flexibility index (Phi) is 9.37. The average Bonchev–Trinajstić information content (AvgIpc) is 3.36. The molecule has 3 N–H and O–H groups in total. The largest absolute Gasteiger partial charge is 0.496 e. The summed E-state index contributed by atoms with van der Waals surface area (Å²) in [7, 11) is 1.54. The molecule has 1 aromatic heterocycles. The minimum absolute atomic E-state index is 0.205. The molecule has 3 rings (SSSR count). The van der Waals surface area contributed by atoms with Crippen LogP contribution in [0.3, 0.4) is 0 Å².